The first-order valence-electron chi connectivity index (χ1n) is 10.2. The molecule has 1 saturated carbocycles. The van der Waals surface area contributed by atoms with Crippen LogP contribution in [0.4, 0.5) is 11.4 Å². The van der Waals surface area contributed by atoms with E-state index in [1.165, 1.54) is 13.2 Å². The first-order valence-corrected chi connectivity index (χ1v) is 10.9. The molecule has 166 valence electrons. The van der Waals surface area contributed by atoms with E-state index >= 15 is 0 Å². The molecule has 0 atom stereocenters. The minimum absolute atomic E-state index is 0.0677. The van der Waals surface area contributed by atoms with Crippen LogP contribution < -0.4 is 20.3 Å². The van der Waals surface area contributed by atoms with Crippen LogP contribution in [0.25, 0.3) is 0 Å². The normalized spacial score (nSPS) is 16.7. The van der Waals surface area contributed by atoms with Gasteiger partial charge in [-0.05, 0) is 55.3 Å². The Kier molecular flexibility index (Phi) is 6.39. The van der Waals surface area contributed by atoms with Gasteiger partial charge in [-0.15, -0.1) is 0 Å². The first kappa shape index (κ1) is 22.2. The second-order valence-corrected chi connectivity index (χ2v) is 8.42. The summed E-state index contributed by atoms with van der Waals surface area (Å²) in [5, 5.41) is 6.01. The zero-order valence-corrected chi connectivity index (χ0v) is 18.8. The number of amides is 3. The summed E-state index contributed by atoms with van der Waals surface area (Å²) in [7, 11) is 1.43. The van der Waals surface area contributed by atoms with Gasteiger partial charge in [0.15, 0.2) is 0 Å². The van der Waals surface area contributed by atoms with Gasteiger partial charge < -0.3 is 15.4 Å². The minimum Gasteiger partial charge on any atom is -0.495 e. The highest BCUT2D eigenvalue weighted by Gasteiger charge is 2.40. The number of hydrogen-bond donors (Lipinski definition) is 2. The summed E-state index contributed by atoms with van der Waals surface area (Å²) in [5.74, 6) is -1.15. The fourth-order valence-electron chi connectivity index (χ4n) is 3.86. The van der Waals surface area contributed by atoms with E-state index in [0.717, 1.165) is 30.6 Å². The maximum absolute atomic E-state index is 13.0. The van der Waals surface area contributed by atoms with Crippen molar-refractivity contribution in [2.24, 2.45) is 0 Å². The topological polar surface area (TPSA) is 87.7 Å². The fraction of sp³-hybridized carbons (Fsp3) is 0.261. The van der Waals surface area contributed by atoms with Crippen LogP contribution in [0.5, 0.6) is 5.75 Å². The molecule has 0 saturated heterocycles. The number of anilines is 2. The van der Waals surface area contributed by atoms with Crippen LogP contribution in [-0.2, 0) is 9.59 Å². The lowest BCUT2D eigenvalue weighted by molar-refractivity contribution is -0.120. The van der Waals surface area contributed by atoms with E-state index in [2.05, 4.69) is 10.6 Å². The number of nitrogens with one attached hydrogen (secondary N) is 2. The fourth-order valence-corrected chi connectivity index (χ4v) is 4.24. The molecule has 3 amide bonds. The van der Waals surface area contributed by atoms with Crippen LogP contribution in [-0.4, -0.2) is 30.9 Å². The monoisotopic (exact) mass is 473 g/mol. The van der Waals surface area contributed by atoms with Crippen molar-refractivity contribution in [1.82, 2.24) is 5.32 Å². The maximum Gasteiger partial charge on any atom is 0.283 e. The lowest BCUT2D eigenvalue weighted by Crippen LogP contribution is -2.32. The third kappa shape index (κ3) is 4.31. The lowest BCUT2D eigenvalue weighted by Gasteiger charge is -2.18. The third-order valence-electron chi connectivity index (χ3n) is 5.52. The lowest BCUT2D eigenvalue weighted by atomic mass is 10.1. The number of methoxy groups -OCH3 is 1. The molecule has 2 aromatic rings. The van der Waals surface area contributed by atoms with Gasteiger partial charge in [0, 0.05) is 22.3 Å². The predicted molar refractivity (Wildman–Crippen MR) is 123 cm³/mol. The van der Waals surface area contributed by atoms with Crippen molar-refractivity contribution in [2.75, 3.05) is 17.3 Å². The van der Waals surface area contributed by atoms with Crippen LogP contribution in [0.15, 0.2) is 53.2 Å². The molecule has 1 fully saturated rings. The Balaban J connectivity index is 1.51. The highest BCUT2D eigenvalue weighted by atomic mass is 35.5. The molecule has 1 aliphatic heterocycles. The average Bonchev–Trinajstić information content (AvgIpc) is 3.37. The Bertz CT molecular complexity index is 1110. The third-order valence-corrected chi connectivity index (χ3v) is 6.10. The molecule has 0 bridgehead atoms. The number of ether oxygens (including phenoxy) is 1. The van der Waals surface area contributed by atoms with Gasteiger partial charge in [0.2, 0.25) is 0 Å². The SMILES string of the molecule is COc1ccc(Cl)cc1N1C(=O)C(Cl)=C(Nc2ccc(C(=O)NC3CCCC3)cc2)C1=O. The summed E-state index contributed by atoms with van der Waals surface area (Å²) < 4.78 is 5.26. The zero-order chi connectivity index (χ0) is 22.8. The highest BCUT2D eigenvalue weighted by Crippen LogP contribution is 2.37. The van der Waals surface area contributed by atoms with Gasteiger partial charge >= 0.3 is 0 Å². The number of benzene rings is 2. The van der Waals surface area contributed by atoms with Crippen molar-refractivity contribution in [3.63, 3.8) is 0 Å². The molecular formula is C23H21Cl2N3O4. The van der Waals surface area contributed by atoms with Gasteiger partial charge in [-0.1, -0.05) is 36.0 Å². The molecule has 0 unspecified atom stereocenters. The van der Waals surface area contributed by atoms with Crippen molar-refractivity contribution in [3.05, 3.63) is 63.8 Å². The number of nitrogens with zero attached hydrogens (tertiary/aromatic N) is 1. The maximum atomic E-state index is 13.0. The molecule has 1 aliphatic carbocycles. The summed E-state index contributed by atoms with van der Waals surface area (Å²) >= 11 is 12.2. The summed E-state index contributed by atoms with van der Waals surface area (Å²) in [5.41, 5.74) is 1.16. The van der Waals surface area contributed by atoms with Crippen LogP contribution in [0.3, 0.4) is 0 Å². The van der Waals surface area contributed by atoms with Gasteiger partial charge in [0.25, 0.3) is 17.7 Å². The van der Waals surface area contributed by atoms with E-state index in [-0.39, 0.29) is 28.4 Å². The molecule has 2 aromatic carbocycles. The number of hydrogen-bond acceptors (Lipinski definition) is 5. The summed E-state index contributed by atoms with van der Waals surface area (Å²) in [6.07, 6.45) is 4.27. The molecule has 0 radical (unpaired) electrons. The number of imide groups is 1. The summed E-state index contributed by atoms with van der Waals surface area (Å²) in [6, 6.07) is 11.4. The minimum atomic E-state index is -0.688. The van der Waals surface area contributed by atoms with Crippen molar-refractivity contribution >= 4 is 52.3 Å². The van der Waals surface area contributed by atoms with E-state index < -0.39 is 11.8 Å². The first-order chi connectivity index (χ1) is 15.4. The Hall–Kier alpha value is -3.03. The van der Waals surface area contributed by atoms with Crippen LogP contribution in [0.2, 0.25) is 5.02 Å². The van der Waals surface area contributed by atoms with Crippen molar-refractivity contribution in [3.8, 4) is 5.75 Å². The molecule has 1 heterocycles. The summed E-state index contributed by atoms with van der Waals surface area (Å²) in [6.45, 7) is 0. The number of halogens is 2. The van der Waals surface area contributed by atoms with Crippen LogP contribution >= 0.6 is 23.2 Å². The second kappa shape index (κ2) is 9.22. The van der Waals surface area contributed by atoms with E-state index in [4.69, 9.17) is 27.9 Å². The Morgan fingerprint density at radius 3 is 2.38 bits per heavy atom. The molecule has 4 rings (SSSR count). The Labute approximate surface area is 195 Å². The quantitative estimate of drug-likeness (QED) is 0.604. The molecule has 2 N–H and O–H groups in total. The zero-order valence-electron chi connectivity index (χ0n) is 17.3. The van der Waals surface area contributed by atoms with Crippen molar-refractivity contribution < 1.29 is 19.1 Å². The molecule has 9 heteroatoms. The van der Waals surface area contributed by atoms with Gasteiger partial charge in [-0.3, -0.25) is 14.4 Å². The van der Waals surface area contributed by atoms with Gasteiger partial charge in [-0.2, -0.15) is 0 Å². The van der Waals surface area contributed by atoms with E-state index in [0.29, 0.717) is 22.0 Å². The molecular weight excluding hydrogens is 453 g/mol. The average molecular weight is 474 g/mol. The molecule has 32 heavy (non-hydrogen) atoms. The molecule has 0 aromatic heterocycles. The van der Waals surface area contributed by atoms with Crippen LogP contribution in [0, 0.1) is 0 Å². The van der Waals surface area contributed by atoms with Crippen LogP contribution in [0.1, 0.15) is 36.0 Å². The predicted octanol–water partition coefficient (Wildman–Crippen LogP) is 4.46. The second-order valence-electron chi connectivity index (χ2n) is 7.61. The van der Waals surface area contributed by atoms with Gasteiger partial charge in [0.05, 0.1) is 12.8 Å². The van der Waals surface area contributed by atoms with E-state index in [9.17, 15) is 14.4 Å². The largest absolute Gasteiger partial charge is 0.495 e. The Morgan fingerprint density at radius 1 is 1.03 bits per heavy atom. The van der Waals surface area contributed by atoms with Gasteiger partial charge in [-0.25, -0.2) is 4.90 Å². The molecule has 7 nitrogen and oxygen atoms in total. The Morgan fingerprint density at radius 2 is 1.72 bits per heavy atom. The molecule has 0 spiro atoms. The summed E-state index contributed by atoms with van der Waals surface area (Å²) in [4.78, 5) is 39.1. The van der Waals surface area contributed by atoms with E-state index in [1.807, 2.05) is 0 Å². The number of carbonyl (C=O) groups is 3. The standard InChI is InChI=1S/C23H21Cl2N3O4/c1-32-18-11-8-14(24)12-17(18)28-22(30)19(25)20(23(28)31)26-16-9-6-13(7-10-16)21(29)27-15-4-2-3-5-15/h6-12,15,26H,2-5H2,1H3,(H,27,29). The highest BCUT2D eigenvalue weighted by molar-refractivity contribution is 6.53. The number of carbonyl (C=O) groups excluding carboxylic acids is 3. The number of rotatable bonds is 6. The van der Waals surface area contributed by atoms with Gasteiger partial charge in [0.1, 0.15) is 16.5 Å². The smallest absolute Gasteiger partial charge is 0.283 e. The van der Waals surface area contributed by atoms with E-state index in [1.54, 1.807) is 36.4 Å². The van der Waals surface area contributed by atoms with Crippen molar-refractivity contribution in [2.45, 2.75) is 31.7 Å². The van der Waals surface area contributed by atoms with Crippen molar-refractivity contribution in [1.29, 1.82) is 0 Å². The molecule has 2 aliphatic rings.